The molecule has 0 bridgehead atoms. The zero-order valence-corrected chi connectivity index (χ0v) is 38.2. The lowest BCUT2D eigenvalue weighted by molar-refractivity contribution is 1.18. The van der Waals surface area contributed by atoms with Crippen LogP contribution in [0, 0.1) is 0 Å². The molecule has 4 nitrogen and oxygen atoms in total. The molecule has 0 aliphatic rings. The van der Waals surface area contributed by atoms with E-state index in [1.807, 2.05) is 0 Å². The number of hydrogen-bond acceptors (Lipinski definition) is 2. The number of aromatic nitrogens is 2. The summed E-state index contributed by atoms with van der Waals surface area (Å²) in [6.45, 7) is 0. The van der Waals surface area contributed by atoms with Gasteiger partial charge in [-0.3, -0.25) is 0 Å². The first-order valence-electron chi connectivity index (χ1n) is 24.0. The average Bonchev–Trinajstić information content (AvgIpc) is 3.94. The summed E-state index contributed by atoms with van der Waals surface area (Å²) in [5, 5.41) is 12.0. The number of rotatable bonds is 8. The summed E-state index contributed by atoms with van der Waals surface area (Å²) in [6, 6.07) is 97.3. The fourth-order valence-electron chi connectivity index (χ4n) is 11.2. The predicted octanol–water partition coefficient (Wildman–Crippen LogP) is 18.3. The van der Waals surface area contributed by atoms with Crippen LogP contribution >= 0.6 is 0 Å². The van der Waals surface area contributed by atoms with Gasteiger partial charge in [0, 0.05) is 66.4 Å². The van der Waals surface area contributed by atoms with E-state index in [9.17, 15) is 0 Å². The maximum absolute atomic E-state index is 2.45. The second-order valence-corrected chi connectivity index (χ2v) is 18.1. The first kappa shape index (κ1) is 39.8. The number of nitrogens with zero attached hydrogens (tertiary/aromatic N) is 4. The smallest absolute Gasteiger partial charge is 0.0546 e. The number of benzene rings is 12. The molecule has 0 radical (unpaired) electrons. The van der Waals surface area contributed by atoms with E-state index in [1.165, 1.54) is 70.5 Å². The zero-order chi connectivity index (χ0) is 46.1. The second-order valence-electron chi connectivity index (χ2n) is 18.1. The Morgan fingerprint density at radius 1 is 0.229 bits per heavy atom. The molecule has 0 atom stereocenters. The topological polar surface area (TPSA) is 16.3 Å². The van der Waals surface area contributed by atoms with Gasteiger partial charge in [0.2, 0.25) is 0 Å². The van der Waals surface area contributed by atoms with Crippen LogP contribution in [0.1, 0.15) is 0 Å². The highest BCUT2D eigenvalue weighted by Crippen LogP contribution is 2.49. The lowest BCUT2D eigenvalue weighted by Gasteiger charge is -2.30. The molecule has 0 unspecified atom stereocenters. The van der Waals surface area contributed by atoms with E-state index >= 15 is 0 Å². The Bertz CT molecular complexity index is 4010. The minimum atomic E-state index is 1.09. The Kier molecular flexibility index (Phi) is 9.17. The summed E-state index contributed by atoms with van der Waals surface area (Å²) in [6.07, 6.45) is 0. The lowest BCUT2D eigenvalue weighted by atomic mass is 9.93. The molecule has 0 aliphatic carbocycles. The van der Waals surface area contributed by atoms with Crippen molar-refractivity contribution in [3.8, 4) is 11.4 Å². The summed E-state index contributed by atoms with van der Waals surface area (Å²) >= 11 is 0. The first-order chi connectivity index (χ1) is 34.8. The largest absolute Gasteiger partial charge is 0.310 e. The summed E-state index contributed by atoms with van der Waals surface area (Å²) in [4.78, 5) is 4.91. The van der Waals surface area contributed by atoms with Crippen LogP contribution in [-0.2, 0) is 0 Å². The molecule has 70 heavy (non-hydrogen) atoms. The van der Waals surface area contributed by atoms with Crippen molar-refractivity contribution < 1.29 is 0 Å². The van der Waals surface area contributed by atoms with Gasteiger partial charge in [0.25, 0.3) is 0 Å². The SMILES string of the molecule is c1ccc(N(c2ccc3c(c2)c2ccccc2n3-c2ccccc2)c2cc3cc(N(c4ccccc4)c4ccc5c(c4)c4ccccc4n5-c4ccccc4)c4ccccc4c3c3ccccc23)cc1. The molecule has 2 aromatic heterocycles. The molecule has 0 spiro atoms. The minimum Gasteiger partial charge on any atom is -0.310 e. The Balaban J connectivity index is 1.03. The summed E-state index contributed by atoms with van der Waals surface area (Å²) in [5.41, 5.74) is 13.6. The van der Waals surface area contributed by atoms with E-state index in [0.717, 1.165) is 50.9 Å². The summed E-state index contributed by atoms with van der Waals surface area (Å²) < 4.78 is 4.77. The van der Waals surface area contributed by atoms with Gasteiger partial charge in [-0.15, -0.1) is 0 Å². The van der Waals surface area contributed by atoms with Crippen LogP contribution in [0.3, 0.4) is 0 Å². The molecule has 0 N–H and O–H groups in total. The van der Waals surface area contributed by atoms with E-state index in [2.05, 4.69) is 286 Å². The van der Waals surface area contributed by atoms with Crippen molar-refractivity contribution >= 4 is 110 Å². The summed E-state index contributed by atoms with van der Waals surface area (Å²) in [7, 11) is 0. The Morgan fingerprint density at radius 2 is 0.557 bits per heavy atom. The fraction of sp³-hybridized carbons (Fsp3) is 0. The molecule has 0 aliphatic heterocycles. The van der Waals surface area contributed by atoms with Crippen molar-refractivity contribution in [2.45, 2.75) is 0 Å². The molecule has 0 amide bonds. The molecule has 4 heteroatoms. The van der Waals surface area contributed by atoms with Gasteiger partial charge in [0.1, 0.15) is 0 Å². The molecule has 0 saturated carbocycles. The normalized spacial score (nSPS) is 11.7. The van der Waals surface area contributed by atoms with E-state index in [1.54, 1.807) is 0 Å². The van der Waals surface area contributed by atoms with Crippen LogP contribution < -0.4 is 9.80 Å². The highest BCUT2D eigenvalue weighted by atomic mass is 15.2. The molecule has 14 rings (SSSR count). The molecule has 0 fully saturated rings. The third-order valence-corrected chi connectivity index (χ3v) is 14.2. The van der Waals surface area contributed by atoms with Crippen molar-refractivity contribution in [2.75, 3.05) is 9.80 Å². The predicted molar refractivity (Wildman–Crippen MR) is 297 cm³/mol. The van der Waals surface area contributed by atoms with Crippen LogP contribution in [-0.4, -0.2) is 9.13 Å². The quantitative estimate of drug-likeness (QED) is 0.141. The highest BCUT2D eigenvalue weighted by Gasteiger charge is 2.24. The van der Waals surface area contributed by atoms with Gasteiger partial charge in [0.15, 0.2) is 0 Å². The lowest BCUT2D eigenvalue weighted by Crippen LogP contribution is -2.12. The Morgan fingerprint density at radius 3 is 0.971 bits per heavy atom. The standard InChI is InChI=1S/C66H44N4/c1-5-21-46(22-6-1)67(50-37-39-62-58(43-50)54-31-17-19-35-60(54)69(62)48-25-9-3-10-26-48)64-41-45-42-65(53-30-14-16-34-57(53)66(45)56-33-15-13-29-52(56)64)68(47-23-7-2-8-24-47)51-38-40-63-59(44-51)55-32-18-20-36-61(55)70(63)49-27-11-4-12-28-49/h1-44H. The molecule has 2 heterocycles. The number of fused-ring (bicyclic) bond motifs is 11. The fourth-order valence-corrected chi connectivity index (χ4v) is 11.2. The monoisotopic (exact) mass is 892 g/mol. The number of para-hydroxylation sites is 6. The minimum absolute atomic E-state index is 1.09. The van der Waals surface area contributed by atoms with Gasteiger partial charge in [-0.1, -0.05) is 158 Å². The molecule has 0 saturated heterocycles. The first-order valence-corrected chi connectivity index (χ1v) is 24.0. The highest BCUT2D eigenvalue weighted by molar-refractivity contribution is 6.27. The molecular weight excluding hydrogens is 849 g/mol. The van der Waals surface area contributed by atoms with E-state index in [0.29, 0.717) is 0 Å². The van der Waals surface area contributed by atoms with Crippen LogP contribution in [0.2, 0.25) is 0 Å². The third-order valence-electron chi connectivity index (χ3n) is 14.2. The van der Waals surface area contributed by atoms with Crippen LogP contribution in [0.15, 0.2) is 267 Å². The number of anilines is 6. The molecule has 328 valence electrons. The summed E-state index contributed by atoms with van der Waals surface area (Å²) in [5.74, 6) is 0. The second kappa shape index (κ2) is 16.2. The van der Waals surface area contributed by atoms with E-state index < -0.39 is 0 Å². The maximum atomic E-state index is 2.45. The average molecular weight is 893 g/mol. The van der Waals surface area contributed by atoms with Crippen LogP contribution in [0.25, 0.3) is 87.3 Å². The third kappa shape index (κ3) is 6.24. The number of hydrogen-bond donors (Lipinski definition) is 0. The van der Waals surface area contributed by atoms with Gasteiger partial charge in [0.05, 0.1) is 33.4 Å². The van der Waals surface area contributed by atoms with Crippen molar-refractivity contribution in [3.05, 3.63) is 267 Å². The Labute approximate surface area is 405 Å². The van der Waals surface area contributed by atoms with Crippen molar-refractivity contribution in [1.29, 1.82) is 0 Å². The van der Waals surface area contributed by atoms with Crippen molar-refractivity contribution in [2.24, 2.45) is 0 Å². The van der Waals surface area contributed by atoms with Gasteiger partial charge in [-0.25, -0.2) is 0 Å². The van der Waals surface area contributed by atoms with E-state index in [4.69, 9.17) is 0 Å². The van der Waals surface area contributed by atoms with Crippen LogP contribution in [0.5, 0.6) is 0 Å². The van der Waals surface area contributed by atoms with Gasteiger partial charge in [-0.2, -0.15) is 0 Å². The van der Waals surface area contributed by atoms with Gasteiger partial charge in [-0.05, 0) is 131 Å². The van der Waals surface area contributed by atoms with Crippen molar-refractivity contribution in [3.63, 3.8) is 0 Å². The van der Waals surface area contributed by atoms with E-state index in [-0.39, 0.29) is 0 Å². The van der Waals surface area contributed by atoms with Crippen LogP contribution in [0.4, 0.5) is 34.1 Å². The maximum Gasteiger partial charge on any atom is 0.0546 e. The van der Waals surface area contributed by atoms with Gasteiger partial charge < -0.3 is 18.9 Å². The molecule has 14 aromatic rings. The molecular formula is C66H44N4. The zero-order valence-electron chi connectivity index (χ0n) is 38.2. The Hall–Kier alpha value is -9.38. The molecule has 12 aromatic carbocycles. The van der Waals surface area contributed by atoms with Crippen molar-refractivity contribution in [1.82, 2.24) is 9.13 Å². The van der Waals surface area contributed by atoms with Gasteiger partial charge >= 0.3 is 0 Å².